The van der Waals surface area contributed by atoms with Gasteiger partial charge >= 0.3 is 12.3 Å². The zero-order chi connectivity index (χ0) is 22.8. The van der Waals surface area contributed by atoms with Crippen LogP contribution < -0.4 is 4.74 Å². The Kier molecular flexibility index (Phi) is 6.64. The molecule has 0 saturated carbocycles. The maximum absolute atomic E-state index is 12.7. The molecule has 1 fully saturated rings. The number of ether oxygens (including phenoxy) is 2. The first-order valence-electron chi connectivity index (χ1n) is 9.77. The standard InChI is InChI=1S/C21H23ClF3N3O3/c1-20(2,3)31-19(29)28-10-8-15(9-11-28)30-16-12-26-17(18(22)27-16)13-4-6-14(7-5-13)21(23,24)25/h4-7,12,15H,8-11H2,1-3H3. The molecule has 1 aromatic heterocycles. The lowest BCUT2D eigenvalue weighted by Crippen LogP contribution is -2.44. The average molecular weight is 458 g/mol. The molecule has 0 aliphatic carbocycles. The van der Waals surface area contributed by atoms with Gasteiger partial charge in [-0.2, -0.15) is 18.2 Å². The quantitative estimate of drug-likeness (QED) is 0.600. The summed E-state index contributed by atoms with van der Waals surface area (Å²) in [6.07, 6.45) is -2.35. The number of likely N-dealkylation sites (tertiary alicyclic amines) is 1. The first-order chi connectivity index (χ1) is 14.4. The fourth-order valence-electron chi connectivity index (χ4n) is 3.07. The number of piperidine rings is 1. The van der Waals surface area contributed by atoms with Gasteiger partial charge in [0.2, 0.25) is 5.88 Å². The zero-order valence-corrected chi connectivity index (χ0v) is 18.1. The Morgan fingerprint density at radius 3 is 2.26 bits per heavy atom. The molecule has 0 radical (unpaired) electrons. The highest BCUT2D eigenvalue weighted by Crippen LogP contribution is 2.32. The van der Waals surface area contributed by atoms with Crippen molar-refractivity contribution in [3.05, 3.63) is 41.2 Å². The topological polar surface area (TPSA) is 64.5 Å². The first-order valence-corrected chi connectivity index (χ1v) is 10.1. The maximum atomic E-state index is 12.7. The Labute approximate surface area is 183 Å². The molecule has 2 heterocycles. The molecule has 0 spiro atoms. The number of carbonyl (C=O) groups is 1. The summed E-state index contributed by atoms with van der Waals surface area (Å²) in [7, 11) is 0. The van der Waals surface area contributed by atoms with E-state index >= 15 is 0 Å². The van der Waals surface area contributed by atoms with Gasteiger partial charge in [0, 0.05) is 31.5 Å². The molecule has 2 aromatic rings. The highest BCUT2D eigenvalue weighted by molar-refractivity contribution is 6.31. The SMILES string of the molecule is CC(C)(C)OC(=O)N1CCC(Oc2cnc(-c3ccc(C(F)(F)F)cc3)c(Cl)n2)CC1. The van der Waals surface area contributed by atoms with Crippen molar-refractivity contribution >= 4 is 17.7 Å². The second-order valence-electron chi connectivity index (χ2n) is 8.21. The molecule has 3 rings (SSSR count). The molecule has 31 heavy (non-hydrogen) atoms. The molecule has 1 aliphatic heterocycles. The van der Waals surface area contributed by atoms with E-state index in [1.54, 1.807) is 4.90 Å². The molecule has 10 heteroatoms. The van der Waals surface area contributed by atoms with Crippen LogP contribution in [-0.2, 0) is 10.9 Å². The van der Waals surface area contributed by atoms with E-state index in [1.165, 1.54) is 18.3 Å². The van der Waals surface area contributed by atoms with Crippen LogP contribution in [0.3, 0.4) is 0 Å². The summed E-state index contributed by atoms with van der Waals surface area (Å²) in [5.41, 5.74) is -0.616. The Morgan fingerprint density at radius 1 is 1.13 bits per heavy atom. The molecule has 1 aromatic carbocycles. The van der Waals surface area contributed by atoms with Gasteiger partial charge < -0.3 is 14.4 Å². The monoisotopic (exact) mass is 457 g/mol. The molecular formula is C21H23ClF3N3O3. The largest absolute Gasteiger partial charge is 0.473 e. The lowest BCUT2D eigenvalue weighted by atomic mass is 10.1. The van der Waals surface area contributed by atoms with Crippen molar-refractivity contribution in [1.29, 1.82) is 0 Å². The van der Waals surface area contributed by atoms with Gasteiger partial charge in [0.15, 0.2) is 5.15 Å². The Balaban J connectivity index is 1.59. The third-order valence-corrected chi connectivity index (χ3v) is 4.84. The smallest absolute Gasteiger partial charge is 0.416 e. The zero-order valence-electron chi connectivity index (χ0n) is 17.4. The van der Waals surface area contributed by atoms with E-state index in [0.717, 1.165) is 12.1 Å². The fourth-order valence-corrected chi connectivity index (χ4v) is 3.31. The third-order valence-electron chi connectivity index (χ3n) is 4.57. The first kappa shape index (κ1) is 23.1. The minimum Gasteiger partial charge on any atom is -0.473 e. The van der Waals surface area contributed by atoms with E-state index in [2.05, 4.69) is 9.97 Å². The van der Waals surface area contributed by atoms with Crippen molar-refractivity contribution in [2.24, 2.45) is 0 Å². The summed E-state index contributed by atoms with van der Waals surface area (Å²) < 4.78 is 49.4. The predicted molar refractivity (Wildman–Crippen MR) is 109 cm³/mol. The second kappa shape index (κ2) is 8.90. The van der Waals surface area contributed by atoms with Crippen LogP contribution in [0.2, 0.25) is 5.15 Å². The van der Waals surface area contributed by atoms with Crippen molar-refractivity contribution in [2.45, 2.75) is 51.5 Å². The van der Waals surface area contributed by atoms with Gasteiger partial charge in [-0.3, -0.25) is 0 Å². The van der Waals surface area contributed by atoms with E-state index in [9.17, 15) is 18.0 Å². The molecule has 0 atom stereocenters. The molecule has 6 nitrogen and oxygen atoms in total. The van der Waals surface area contributed by atoms with Crippen LogP contribution in [-0.4, -0.2) is 45.8 Å². The van der Waals surface area contributed by atoms with Crippen LogP contribution in [0.1, 0.15) is 39.2 Å². The van der Waals surface area contributed by atoms with Gasteiger partial charge in [0.25, 0.3) is 0 Å². The lowest BCUT2D eigenvalue weighted by Gasteiger charge is -2.33. The summed E-state index contributed by atoms with van der Waals surface area (Å²) in [6, 6.07) is 4.53. The predicted octanol–water partition coefficient (Wildman–Crippen LogP) is 5.59. The number of carbonyl (C=O) groups excluding carboxylic acids is 1. The number of halogens is 4. The molecule has 0 N–H and O–H groups in total. The highest BCUT2D eigenvalue weighted by atomic mass is 35.5. The normalized spacial score (nSPS) is 15.6. The van der Waals surface area contributed by atoms with Crippen molar-refractivity contribution in [2.75, 3.05) is 13.1 Å². The highest BCUT2D eigenvalue weighted by Gasteiger charge is 2.30. The van der Waals surface area contributed by atoms with Crippen LogP contribution in [0, 0.1) is 0 Å². The Morgan fingerprint density at radius 2 is 1.74 bits per heavy atom. The number of rotatable bonds is 3. The van der Waals surface area contributed by atoms with Gasteiger partial charge in [-0.25, -0.2) is 9.78 Å². The van der Waals surface area contributed by atoms with Crippen molar-refractivity contribution in [1.82, 2.24) is 14.9 Å². The van der Waals surface area contributed by atoms with Gasteiger partial charge in [0.05, 0.1) is 11.8 Å². The van der Waals surface area contributed by atoms with Crippen molar-refractivity contribution < 1.29 is 27.4 Å². The summed E-state index contributed by atoms with van der Waals surface area (Å²) >= 11 is 6.19. The number of nitrogens with zero attached hydrogens (tertiary/aromatic N) is 3. The number of benzene rings is 1. The Hall–Kier alpha value is -2.55. The van der Waals surface area contributed by atoms with E-state index in [1.807, 2.05) is 20.8 Å². The van der Waals surface area contributed by atoms with E-state index in [-0.39, 0.29) is 28.9 Å². The summed E-state index contributed by atoms with van der Waals surface area (Å²) in [5, 5.41) is 0.0310. The van der Waals surface area contributed by atoms with Crippen molar-refractivity contribution in [3.8, 4) is 17.1 Å². The van der Waals surface area contributed by atoms with Gasteiger partial charge in [0.1, 0.15) is 17.4 Å². The minimum absolute atomic E-state index is 0.0310. The van der Waals surface area contributed by atoms with E-state index < -0.39 is 17.3 Å². The number of amides is 1. The van der Waals surface area contributed by atoms with E-state index in [4.69, 9.17) is 21.1 Å². The molecular weight excluding hydrogens is 435 g/mol. The molecule has 1 amide bonds. The molecule has 1 aliphatic rings. The molecule has 0 unspecified atom stereocenters. The van der Waals surface area contributed by atoms with Crippen LogP contribution >= 0.6 is 11.6 Å². The lowest BCUT2D eigenvalue weighted by molar-refractivity contribution is -0.137. The molecule has 0 bridgehead atoms. The number of hydrogen-bond acceptors (Lipinski definition) is 5. The maximum Gasteiger partial charge on any atom is 0.416 e. The second-order valence-corrected chi connectivity index (χ2v) is 8.57. The number of hydrogen-bond donors (Lipinski definition) is 0. The molecule has 168 valence electrons. The van der Waals surface area contributed by atoms with Crippen LogP contribution in [0.25, 0.3) is 11.3 Å². The number of aromatic nitrogens is 2. The van der Waals surface area contributed by atoms with Gasteiger partial charge in [-0.05, 0) is 32.9 Å². The average Bonchev–Trinajstić information content (AvgIpc) is 2.67. The summed E-state index contributed by atoms with van der Waals surface area (Å²) in [5.74, 6) is 0.219. The van der Waals surface area contributed by atoms with Crippen LogP contribution in [0.4, 0.5) is 18.0 Å². The summed E-state index contributed by atoms with van der Waals surface area (Å²) in [4.78, 5) is 22.1. The Bertz CT molecular complexity index is 922. The minimum atomic E-state index is -4.41. The van der Waals surface area contributed by atoms with Gasteiger partial charge in [-0.15, -0.1) is 0 Å². The third kappa shape index (κ3) is 6.22. The van der Waals surface area contributed by atoms with Crippen LogP contribution in [0.15, 0.2) is 30.5 Å². The molecule has 1 saturated heterocycles. The number of alkyl halides is 3. The summed E-state index contributed by atoms with van der Waals surface area (Å²) in [6.45, 7) is 6.43. The van der Waals surface area contributed by atoms with Gasteiger partial charge in [-0.1, -0.05) is 23.7 Å². The van der Waals surface area contributed by atoms with E-state index in [0.29, 0.717) is 31.5 Å². The van der Waals surface area contributed by atoms with Crippen LogP contribution in [0.5, 0.6) is 5.88 Å². The van der Waals surface area contributed by atoms with Crippen molar-refractivity contribution in [3.63, 3.8) is 0 Å². The fraction of sp³-hybridized carbons (Fsp3) is 0.476.